The van der Waals surface area contributed by atoms with Crippen LogP contribution < -0.4 is 0 Å². The van der Waals surface area contributed by atoms with Crippen molar-refractivity contribution in [1.29, 1.82) is 0 Å². The van der Waals surface area contributed by atoms with E-state index in [0.29, 0.717) is 25.3 Å². The normalized spacial score (nSPS) is 25.8. The van der Waals surface area contributed by atoms with E-state index in [-0.39, 0.29) is 29.7 Å². The summed E-state index contributed by atoms with van der Waals surface area (Å²) in [7, 11) is 0. The fourth-order valence-electron chi connectivity index (χ4n) is 5.68. The molecule has 2 N–H and O–H groups in total. The SMILES string of the molecule is CC(C)C(CC(=O)N1CCC(C(=O)O)C2CCCCC21)c1c[nH]c2ccccc12. The molecular formula is C24H32N2O3. The number of benzene rings is 1. The maximum absolute atomic E-state index is 13.4. The number of carboxylic acid groups (broad SMARTS) is 1. The first-order valence-corrected chi connectivity index (χ1v) is 11.1. The van der Waals surface area contributed by atoms with Crippen molar-refractivity contribution in [3.05, 3.63) is 36.0 Å². The number of carbonyl (C=O) groups excluding carboxylic acids is 1. The van der Waals surface area contributed by atoms with E-state index >= 15 is 0 Å². The third-order valence-corrected chi connectivity index (χ3v) is 7.24. The number of fused-ring (bicyclic) bond motifs is 2. The number of aromatic nitrogens is 1. The summed E-state index contributed by atoms with van der Waals surface area (Å²) >= 11 is 0. The second kappa shape index (κ2) is 8.21. The Morgan fingerprint density at radius 1 is 1.17 bits per heavy atom. The average molecular weight is 397 g/mol. The zero-order valence-electron chi connectivity index (χ0n) is 17.4. The molecular weight excluding hydrogens is 364 g/mol. The molecule has 0 bridgehead atoms. The summed E-state index contributed by atoms with van der Waals surface area (Å²) in [4.78, 5) is 30.6. The highest BCUT2D eigenvalue weighted by molar-refractivity contribution is 5.85. The van der Waals surface area contributed by atoms with Crippen LogP contribution in [0.15, 0.2) is 30.5 Å². The van der Waals surface area contributed by atoms with Crippen LogP contribution >= 0.6 is 0 Å². The first-order chi connectivity index (χ1) is 14.0. The molecule has 1 aromatic carbocycles. The van der Waals surface area contributed by atoms with E-state index in [0.717, 1.165) is 31.2 Å². The van der Waals surface area contributed by atoms with Crippen LogP contribution in [-0.4, -0.2) is 39.5 Å². The maximum Gasteiger partial charge on any atom is 0.306 e. The largest absolute Gasteiger partial charge is 0.481 e. The average Bonchev–Trinajstić information content (AvgIpc) is 3.14. The van der Waals surface area contributed by atoms with Crippen LogP contribution in [0, 0.1) is 17.8 Å². The lowest BCUT2D eigenvalue weighted by Gasteiger charge is -2.47. The number of likely N-dealkylation sites (tertiary alicyclic amines) is 1. The third kappa shape index (κ3) is 3.79. The van der Waals surface area contributed by atoms with Gasteiger partial charge in [-0.1, -0.05) is 44.9 Å². The topological polar surface area (TPSA) is 73.4 Å². The van der Waals surface area contributed by atoms with E-state index in [9.17, 15) is 14.7 Å². The maximum atomic E-state index is 13.4. The number of nitrogens with one attached hydrogen (secondary N) is 1. The Labute approximate surface area is 172 Å². The zero-order chi connectivity index (χ0) is 20.5. The van der Waals surface area contributed by atoms with Crippen molar-refractivity contribution < 1.29 is 14.7 Å². The van der Waals surface area contributed by atoms with Gasteiger partial charge in [-0.05, 0) is 48.6 Å². The highest BCUT2D eigenvalue weighted by Crippen LogP contribution is 2.41. The smallest absolute Gasteiger partial charge is 0.306 e. The van der Waals surface area contributed by atoms with E-state index in [4.69, 9.17) is 0 Å². The molecule has 1 saturated heterocycles. The number of aromatic amines is 1. The van der Waals surface area contributed by atoms with Crippen LogP contribution in [0.2, 0.25) is 0 Å². The van der Waals surface area contributed by atoms with Gasteiger partial charge >= 0.3 is 5.97 Å². The highest BCUT2D eigenvalue weighted by Gasteiger charge is 2.44. The standard InChI is InChI=1S/C24H32N2O3/c1-15(2)19(20-14-25-21-9-5-3-7-16(20)21)13-23(27)26-12-11-18(24(28)29)17-8-4-6-10-22(17)26/h3,5,7,9,14-15,17-19,22,25H,4,6,8,10-13H2,1-2H3,(H,28,29). The van der Waals surface area contributed by atoms with Crippen LogP contribution in [0.4, 0.5) is 0 Å². The lowest BCUT2D eigenvalue weighted by Crippen LogP contribution is -2.54. The molecule has 2 aliphatic rings. The van der Waals surface area contributed by atoms with Crippen LogP contribution in [-0.2, 0) is 9.59 Å². The van der Waals surface area contributed by atoms with Gasteiger partial charge in [-0.2, -0.15) is 0 Å². The van der Waals surface area contributed by atoms with Crippen molar-refractivity contribution in [2.45, 2.75) is 64.3 Å². The molecule has 4 rings (SSSR count). The summed E-state index contributed by atoms with van der Waals surface area (Å²) in [5.74, 6) is -0.180. The second-order valence-electron chi connectivity index (χ2n) is 9.18. The molecule has 5 heteroatoms. The molecule has 29 heavy (non-hydrogen) atoms. The van der Waals surface area contributed by atoms with E-state index in [1.165, 1.54) is 10.9 Å². The summed E-state index contributed by atoms with van der Waals surface area (Å²) in [6, 6.07) is 8.36. The van der Waals surface area contributed by atoms with Gasteiger partial charge < -0.3 is 15.0 Å². The molecule has 4 atom stereocenters. The van der Waals surface area contributed by atoms with Gasteiger partial charge in [0, 0.05) is 36.1 Å². The molecule has 2 fully saturated rings. The van der Waals surface area contributed by atoms with Crippen molar-refractivity contribution in [2.24, 2.45) is 17.8 Å². The van der Waals surface area contributed by atoms with Gasteiger partial charge in [0.15, 0.2) is 0 Å². The number of rotatable bonds is 5. The van der Waals surface area contributed by atoms with E-state index < -0.39 is 5.97 Å². The summed E-state index contributed by atoms with van der Waals surface area (Å²) in [5.41, 5.74) is 2.32. The molecule has 1 aromatic heterocycles. The first-order valence-electron chi connectivity index (χ1n) is 11.1. The number of hydrogen-bond acceptors (Lipinski definition) is 2. The van der Waals surface area contributed by atoms with Crippen molar-refractivity contribution in [3.63, 3.8) is 0 Å². The number of amides is 1. The van der Waals surface area contributed by atoms with E-state index in [1.807, 2.05) is 17.0 Å². The molecule has 0 radical (unpaired) electrons. The van der Waals surface area contributed by atoms with Crippen LogP contribution in [0.25, 0.3) is 10.9 Å². The predicted molar refractivity (Wildman–Crippen MR) is 114 cm³/mol. The Balaban J connectivity index is 1.56. The molecule has 5 nitrogen and oxygen atoms in total. The molecule has 0 spiro atoms. The molecule has 156 valence electrons. The number of H-pyrrole nitrogens is 1. The molecule has 1 saturated carbocycles. The Kier molecular flexibility index (Phi) is 5.66. The summed E-state index contributed by atoms with van der Waals surface area (Å²) in [6.45, 7) is 4.94. The van der Waals surface area contributed by atoms with Crippen LogP contribution in [0.1, 0.15) is 63.9 Å². The van der Waals surface area contributed by atoms with Gasteiger partial charge in [-0.15, -0.1) is 0 Å². The molecule has 2 heterocycles. The molecule has 4 unspecified atom stereocenters. The lowest BCUT2D eigenvalue weighted by atomic mass is 9.71. The minimum absolute atomic E-state index is 0.0990. The van der Waals surface area contributed by atoms with Crippen molar-refractivity contribution in [3.8, 4) is 0 Å². The van der Waals surface area contributed by atoms with Gasteiger partial charge in [0.2, 0.25) is 5.91 Å². The van der Waals surface area contributed by atoms with Gasteiger partial charge in [-0.3, -0.25) is 9.59 Å². The van der Waals surface area contributed by atoms with Crippen molar-refractivity contribution in [1.82, 2.24) is 9.88 Å². The molecule has 1 amide bonds. The van der Waals surface area contributed by atoms with E-state index in [2.05, 4.69) is 37.2 Å². The van der Waals surface area contributed by atoms with Gasteiger partial charge in [-0.25, -0.2) is 0 Å². The number of aliphatic carboxylic acids is 1. The van der Waals surface area contributed by atoms with Gasteiger partial charge in [0.25, 0.3) is 0 Å². The Morgan fingerprint density at radius 2 is 1.93 bits per heavy atom. The molecule has 1 aliphatic carbocycles. The second-order valence-corrected chi connectivity index (χ2v) is 9.18. The van der Waals surface area contributed by atoms with Crippen LogP contribution in [0.5, 0.6) is 0 Å². The highest BCUT2D eigenvalue weighted by atomic mass is 16.4. The zero-order valence-corrected chi connectivity index (χ0v) is 17.4. The first kappa shape index (κ1) is 20.0. The Bertz CT molecular complexity index is 887. The Morgan fingerprint density at radius 3 is 2.69 bits per heavy atom. The number of carbonyl (C=O) groups is 2. The van der Waals surface area contributed by atoms with E-state index in [1.54, 1.807) is 0 Å². The number of nitrogens with zero attached hydrogens (tertiary/aromatic N) is 1. The minimum Gasteiger partial charge on any atom is -0.481 e. The number of para-hydroxylation sites is 1. The van der Waals surface area contributed by atoms with Gasteiger partial charge in [0.1, 0.15) is 0 Å². The summed E-state index contributed by atoms with van der Waals surface area (Å²) < 4.78 is 0. The van der Waals surface area contributed by atoms with Crippen molar-refractivity contribution in [2.75, 3.05) is 6.54 Å². The Hall–Kier alpha value is -2.30. The monoisotopic (exact) mass is 396 g/mol. The summed E-state index contributed by atoms with van der Waals surface area (Å²) in [6.07, 6.45) is 7.18. The van der Waals surface area contributed by atoms with Gasteiger partial charge in [0.05, 0.1) is 5.92 Å². The lowest BCUT2D eigenvalue weighted by molar-refractivity contribution is -0.154. The third-order valence-electron chi connectivity index (χ3n) is 7.24. The quantitative estimate of drug-likeness (QED) is 0.763. The van der Waals surface area contributed by atoms with Crippen LogP contribution in [0.3, 0.4) is 0 Å². The fourth-order valence-corrected chi connectivity index (χ4v) is 5.68. The van der Waals surface area contributed by atoms with Crippen molar-refractivity contribution >= 4 is 22.8 Å². The molecule has 1 aliphatic heterocycles. The minimum atomic E-state index is -0.687. The number of piperidine rings is 1. The summed E-state index contributed by atoms with van der Waals surface area (Å²) in [5, 5.41) is 10.8. The number of hydrogen-bond donors (Lipinski definition) is 2. The fraction of sp³-hybridized carbons (Fsp3) is 0.583. The molecule has 2 aromatic rings. The number of carboxylic acids is 1. The predicted octanol–water partition coefficient (Wildman–Crippen LogP) is 4.79.